The van der Waals surface area contributed by atoms with Gasteiger partial charge in [0.05, 0.1) is 11.3 Å². The van der Waals surface area contributed by atoms with Gasteiger partial charge in [-0.3, -0.25) is 14.9 Å². The van der Waals surface area contributed by atoms with Crippen molar-refractivity contribution in [2.45, 2.75) is 40.5 Å². The number of hydrogen-bond acceptors (Lipinski definition) is 3. The third-order valence-corrected chi connectivity index (χ3v) is 4.97. The van der Waals surface area contributed by atoms with Crippen LogP contribution in [-0.4, -0.2) is 22.5 Å². The third kappa shape index (κ3) is 2.23. The van der Waals surface area contributed by atoms with Crippen LogP contribution < -0.4 is 0 Å². The van der Waals surface area contributed by atoms with Crippen LogP contribution in [0.15, 0.2) is 11.6 Å². The zero-order chi connectivity index (χ0) is 15.3. The smallest absolute Gasteiger partial charge is 0.307 e. The molecule has 1 fully saturated rings. The minimum Gasteiger partial charge on any atom is -0.481 e. The summed E-state index contributed by atoms with van der Waals surface area (Å²) in [5, 5.41) is 20.8. The van der Waals surface area contributed by atoms with Gasteiger partial charge in [0.1, 0.15) is 0 Å². The maximum atomic E-state index is 11.8. The molecule has 5 heteroatoms. The van der Waals surface area contributed by atoms with Gasteiger partial charge in [0.15, 0.2) is 0 Å². The quantitative estimate of drug-likeness (QED) is 0.488. The van der Waals surface area contributed by atoms with Gasteiger partial charge in [-0.1, -0.05) is 32.4 Å². The first kappa shape index (κ1) is 15.0. The Morgan fingerprint density at radius 1 is 1.60 bits per heavy atom. The monoisotopic (exact) mass is 281 g/mol. The van der Waals surface area contributed by atoms with Crippen LogP contribution in [0, 0.1) is 38.7 Å². The second kappa shape index (κ2) is 4.57. The Bertz CT molecular complexity index is 477. The van der Waals surface area contributed by atoms with Crippen molar-refractivity contribution in [2.24, 2.45) is 28.6 Å². The molecule has 4 atom stereocenters. The van der Waals surface area contributed by atoms with Gasteiger partial charge < -0.3 is 5.11 Å². The van der Waals surface area contributed by atoms with Crippen molar-refractivity contribution < 1.29 is 14.8 Å². The standard InChI is InChI=1S/C15H23NO4/c1-9-5-10-7-15(8-16(19)20,11(10)6-9)12(13(17)18)14(2,3)4/h6,10-12H,5,7-8H2,1-4H3,(H,17,18)/t10-,11-,12?,15+/m0/s1. The maximum absolute atomic E-state index is 11.8. The van der Waals surface area contributed by atoms with Gasteiger partial charge in [0.25, 0.3) is 0 Å². The lowest BCUT2D eigenvalue weighted by molar-refractivity contribution is -0.510. The van der Waals surface area contributed by atoms with Gasteiger partial charge in [0, 0.05) is 4.92 Å². The van der Waals surface area contributed by atoms with E-state index in [1.165, 1.54) is 5.57 Å². The molecular formula is C15H23NO4. The molecule has 20 heavy (non-hydrogen) atoms. The van der Waals surface area contributed by atoms with Crippen molar-refractivity contribution in [2.75, 3.05) is 6.54 Å². The van der Waals surface area contributed by atoms with E-state index in [2.05, 4.69) is 6.08 Å². The normalized spacial score (nSPS) is 33.9. The lowest BCUT2D eigenvalue weighted by atomic mass is 9.46. The van der Waals surface area contributed by atoms with Crippen molar-refractivity contribution >= 4 is 5.97 Å². The summed E-state index contributed by atoms with van der Waals surface area (Å²) in [5.74, 6) is -1.15. The summed E-state index contributed by atoms with van der Waals surface area (Å²) in [4.78, 5) is 22.6. The lowest BCUT2D eigenvalue weighted by Gasteiger charge is -2.55. The Hall–Kier alpha value is -1.39. The van der Waals surface area contributed by atoms with E-state index >= 15 is 0 Å². The summed E-state index contributed by atoms with van der Waals surface area (Å²) >= 11 is 0. The Kier molecular flexibility index (Phi) is 3.43. The molecule has 1 N–H and O–H groups in total. The van der Waals surface area contributed by atoms with Crippen LogP contribution in [-0.2, 0) is 4.79 Å². The predicted octanol–water partition coefficient (Wildman–Crippen LogP) is 2.98. The third-order valence-electron chi connectivity index (χ3n) is 4.97. The molecule has 2 rings (SSSR count). The second-order valence-electron chi connectivity index (χ2n) is 7.57. The van der Waals surface area contributed by atoms with Gasteiger partial charge in [-0.2, -0.15) is 0 Å². The van der Waals surface area contributed by atoms with Crippen molar-refractivity contribution in [1.82, 2.24) is 0 Å². The summed E-state index contributed by atoms with van der Waals surface area (Å²) in [6.07, 6.45) is 3.70. The van der Waals surface area contributed by atoms with E-state index in [0.29, 0.717) is 12.3 Å². The first-order chi connectivity index (χ1) is 9.08. The van der Waals surface area contributed by atoms with E-state index in [1.807, 2.05) is 27.7 Å². The fraction of sp³-hybridized carbons (Fsp3) is 0.800. The van der Waals surface area contributed by atoms with E-state index in [0.717, 1.165) is 6.42 Å². The molecule has 2 aliphatic rings. The molecule has 0 spiro atoms. The number of carboxylic acids is 1. The van der Waals surface area contributed by atoms with Gasteiger partial charge in [-0.15, -0.1) is 0 Å². The number of fused-ring (bicyclic) bond motifs is 1. The van der Waals surface area contributed by atoms with Crippen LogP contribution in [0.25, 0.3) is 0 Å². The molecule has 1 saturated carbocycles. The SMILES string of the molecule is CC1=C[C@H]2[C@@H](C1)C[C@]2(C[N+](=O)[O-])C(C(=O)O)C(C)(C)C. The first-order valence-corrected chi connectivity index (χ1v) is 7.10. The molecule has 0 amide bonds. The number of carboxylic acid groups (broad SMARTS) is 1. The van der Waals surface area contributed by atoms with Crippen LogP contribution in [0.1, 0.15) is 40.5 Å². The number of aliphatic carboxylic acids is 1. The zero-order valence-electron chi connectivity index (χ0n) is 12.5. The average Bonchev–Trinajstić information content (AvgIpc) is 2.51. The number of carbonyl (C=O) groups is 1. The summed E-state index contributed by atoms with van der Waals surface area (Å²) in [6.45, 7) is 7.39. The van der Waals surface area contributed by atoms with Crippen LogP contribution in [0.3, 0.4) is 0 Å². The molecule has 0 saturated heterocycles. The predicted molar refractivity (Wildman–Crippen MR) is 74.8 cm³/mol. The highest BCUT2D eigenvalue weighted by molar-refractivity contribution is 5.72. The second-order valence-corrected chi connectivity index (χ2v) is 7.57. The van der Waals surface area contributed by atoms with Crippen molar-refractivity contribution in [3.63, 3.8) is 0 Å². The summed E-state index contributed by atoms with van der Waals surface area (Å²) in [6, 6.07) is 0. The molecule has 5 nitrogen and oxygen atoms in total. The largest absolute Gasteiger partial charge is 0.481 e. The van der Waals surface area contributed by atoms with Crippen LogP contribution in [0.2, 0.25) is 0 Å². The maximum Gasteiger partial charge on any atom is 0.307 e. The van der Waals surface area contributed by atoms with E-state index in [9.17, 15) is 20.0 Å². The summed E-state index contributed by atoms with van der Waals surface area (Å²) in [5.41, 5.74) is 0.0240. The molecule has 0 aromatic rings. The molecule has 0 aromatic carbocycles. The van der Waals surface area contributed by atoms with Crippen molar-refractivity contribution in [3.8, 4) is 0 Å². The van der Waals surface area contributed by atoms with Crippen LogP contribution in [0.4, 0.5) is 0 Å². The van der Waals surface area contributed by atoms with E-state index in [1.54, 1.807) is 0 Å². The molecule has 1 unspecified atom stereocenters. The van der Waals surface area contributed by atoms with Gasteiger partial charge >= 0.3 is 5.97 Å². The van der Waals surface area contributed by atoms with Crippen molar-refractivity contribution in [1.29, 1.82) is 0 Å². The minimum absolute atomic E-state index is 0.0493. The highest BCUT2D eigenvalue weighted by atomic mass is 16.6. The number of nitro groups is 1. The zero-order valence-corrected chi connectivity index (χ0v) is 12.5. The summed E-state index contributed by atoms with van der Waals surface area (Å²) in [7, 11) is 0. The molecule has 0 aromatic heterocycles. The molecule has 0 aliphatic heterocycles. The molecule has 0 bridgehead atoms. The fourth-order valence-electron chi connectivity index (χ4n) is 4.64. The Balaban J connectivity index is 2.43. The van der Waals surface area contributed by atoms with E-state index in [4.69, 9.17) is 0 Å². The number of allylic oxidation sites excluding steroid dienone is 2. The molecule has 0 radical (unpaired) electrons. The van der Waals surface area contributed by atoms with Crippen molar-refractivity contribution in [3.05, 3.63) is 21.8 Å². The van der Waals surface area contributed by atoms with Gasteiger partial charge in [-0.25, -0.2) is 0 Å². The van der Waals surface area contributed by atoms with E-state index in [-0.39, 0.29) is 17.4 Å². The summed E-state index contributed by atoms with van der Waals surface area (Å²) < 4.78 is 0. The first-order valence-electron chi connectivity index (χ1n) is 7.10. The Labute approximate surface area is 119 Å². The lowest BCUT2D eigenvalue weighted by Crippen LogP contribution is -2.59. The average molecular weight is 281 g/mol. The van der Waals surface area contributed by atoms with Gasteiger partial charge in [0.2, 0.25) is 6.54 Å². The molecule has 112 valence electrons. The van der Waals surface area contributed by atoms with Crippen LogP contribution in [0.5, 0.6) is 0 Å². The highest BCUT2D eigenvalue weighted by Gasteiger charge is 2.65. The Morgan fingerprint density at radius 2 is 2.20 bits per heavy atom. The Morgan fingerprint density at radius 3 is 2.60 bits per heavy atom. The fourth-order valence-corrected chi connectivity index (χ4v) is 4.64. The molecular weight excluding hydrogens is 258 g/mol. The van der Waals surface area contributed by atoms with Crippen LogP contribution >= 0.6 is 0 Å². The van der Waals surface area contributed by atoms with Gasteiger partial charge in [-0.05, 0) is 37.0 Å². The van der Waals surface area contributed by atoms with E-state index < -0.39 is 22.7 Å². The topological polar surface area (TPSA) is 80.4 Å². The number of nitrogens with zero attached hydrogens (tertiary/aromatic N) is 1. The molecule has 2 aliphatic carbocycles. The minimum atomic E-state index is -0.907. The highest BCUT2D eigenvalue weighted by Crippen LogP contribution is 2.64. The number of rotatable bonds is 4. The molecule has 0 heterocycles. The number of hydrogen-bond donors (Lipinski definition) is 1.